The summed E-state index contributed by atoms with van der Waals surface area (Å²) in [5, 5.41) is 11.8. The number of anilines is 1. The second-order valence-electron chi connectivity index (χ2n) is 5.20. The quantitative estimate of drug-likeness (QED) is 0.514. The van der Waals surface area contributed by atoms with E-state index in [2.05, 4.69) is 15.3 Å². The Kier molecular flexibility index (Phi) is 5.39. The normalized spacial score (nSPS) is 10.6. The van der Waals surface area contributed by atoms with Crippen molar-refractivity contribution in [1.29, 1.82) is 5.26 Å². The molecule has 11 heteroatoms. The van der Waals surface area contributed by atoms with E-state index in [0.29, 0.717) is 0 Å². The molecule has 1 aromatic carbocycles. The van der Waals surface area contributed by atoms with Gasteiger partial charge in [0, 0.05) is 11.5 Å². The van der Waals surface area contributed by atoms with Crippen LogP contribution in [0.4, 0.5) is 19.4 Å². The van der Waals surface area contributed by atoms with Crippen molar-refractivity contribution in [3.05, 3.63) is 52.0 Å². The highest BCUT2D eigenvalue weighted by atomic mass is 35.5. The summed E-state index contributed by atoms with van der Waals surface area (Å²) < 4.78 is 34.0. The number of carbonyl (C=O) groups is 1. The van der Waals surface area contributed by atoms with E-state index in [9.17, 15) is 18.8 Å². The second kappa shape index (κ2) is 7.73. The van der Waals surface area contributed by atoms with Gasteiger partial charge in [0.25, 0.3) is 0 Å². The van der Waals surface area contributed by atoms with E-state index < -0.39 is 17.7 Å². The van der Waals surface area contributed by atoms with Crippen molar-refractivity contribution in [3.63, 3.8) is 0 Å². The molecule has 0 fully saturated rings. The summed E-state index contributed by atoms with van der Waals surface area (Å²) in [5.41, 5.74) is -0.133. The summed E-state index contributed by atoms with van der Waals surface area (Å²) in [6, 6.07) is 5.36. The number of halogens is 4. The summed E-state index contributed by atoms with van der Waals surface area (Å²) in [5.74, 6) is -2.16. The highest BCUT2D eigenvalue weighted by Gasteiger charge is 2.19. The van der Waals surface area contributed by atoms with Crippen LogP contribution in [0.5, 0.6) is 0 Å². The molecular formula is C16H9Cl2F2N5O2. The van der Waals surface area contributed by atoms with E-state index in [4.69, 9.17) is 27.9 Å². The van der Waals surface area contributed by atoms with Crippen LogP contribution in [0.3, 0.4) is 0 Å². The van der Waals surface area contributed by atoms with Crippen LogP contribution in [0.25, 0.3) is 10.9 Å². The van der Waals surface area contributed by atoms with Crippen LogP contribution in [0.15, 0.2) is 24.5 Å². The fraction of sp³-hybridized carbons (Fsp3) is 0.125. The molecule has 0 aliphatic heterocycles. The molecule has 0 radical (unpaired) electrons. The Labute approximate surface area is 161 Å². The van der Waals surface area contributed by atoms with Gasteiger partial charge >= 0.3 is 6.09 Å². The van der Waals surface area contributed by atoms with Crippen LogP contribution < -0.4 is 5.32 Å². The summed E-state index contributed by atoms with van der Waals surface area (Å²) in [7, 11) is 0. The Balaban J connectivity index is 1.75. The molecule has 0 atom stereocenters. The number of nitrogens with zero attached hydrogens (tertiary/aromatic N) is 4. The van der Waals surface area contributed by atoms with Crippen molar-refractivity contribution in [1.82, 2.24) is 14.5 Å². The second-order valence-corrected chi connectivity index (χ2v) is 5.99. The predicted octanol–water partition coefficient (Wildman–Crippen LogP) is 4.14. The molecule has 7 nitrogen and oxygen atoms in total. The van der Waals surface area contributed by atoms with Crippen LogP contribution in [0.2, 0.25) is 10.2 Å². The molecule has 0 unspecified atom stereocenters. The first-order valence-corrected chi connectivity index (χ1v) is 8.14. The number of rotatable bonds is 4. The molecule has 1 amide bonds. The van der Waals surface area contributed by atoms with E-state index >= 15 is 0 Å². The SMILES string of the molecule is N#Cc1cc2c(Cl)cc(F)c(F)c2n1CCOC(=O)Nc1cc(Cl)ncn1. The van der Waals surface area contributed by atoms with Gasteiger partial charge < -0.3 is 9.30 Å². The number of benzene rings is 1. The molecule has 2 heterocycles. The highest BCUT2D eigenvalue weighted by Crippen LogP contribution is 2.31. The zero-order chi connectivity index (χ0) is 19.6. The van der Waals surface area contributed by atoms with E-state index in [1.165, 1.54) is 16.7 Å². The van der Waals surface area contributed by atoms with Crippen molar-refractivity contribution >= 4 is 46.0 Å². The molecule has 0 saturated heterocycles. The highest BCUT2D eigenvalue weighted by molar-refractivity contribution is 6.35. The van der Waals surface area contributed by atoms with E-state index in [-0.39, 0.29) is 45.7 Å². The van der Waals surface area contributed by atoms with Gasteiger partial charge in [0.2, 0.25) is 0 Å². The third kappa shape index (κ3) is 3.92. The molecule has 3 aromatic rings. The molecule has 0 aliphatic rings. The summed E-state index contributed by atoms with van der Waals surface area (Å²) >= 11 is 11.6. The van der Waals surface area contributed by atoms with Gasteiger partial charge in [0.15, 0.2) is 11.6 Å². The molecule has 2 aromatic heterocycles. The number of aromatic nitrogens is 3. The maximum Gasteiger partial charge on any atom is 0.412 e. The van der Waals surface area contributed by atoms with Crippen LogP contribution in [-0.4, -0.2) is 27.2 Å². The largest absolute Gasteiger partial charge is 0.447 e. The number of hydrogen-bond acceptors (Lipinski definition) is 5. The van der Waals surface area contributed by atoms with Gasteiger partial charge in [-0.1, -0.05) is 23.2 Å². The molecule has 27 heavy (non-hydrogen) atoms. The van der Waals surface area contributed by atoms with Crippen LogP contribution >= 0.6 is 23.2 Å². The zero-order valence-corrected chi connectivity index (χ0v) is 14.9. The van der Waals surface area contributed by atoms with E-state index in [1.54, 1.807) is 0 Å². The maximum atomic E-state index is 14.2. The van der Waals surface area contributed by atoms with Gasteiger partial charge in [-0.05, 0) is 12.1 Å². The molecule has 138 valence electrons. The molecular weight excluding hydrogens is 403 g/mol. The Morgan fingerprint density at radius 2 is 2.07 bits per heavy atom. The van der Waals surface area contributed by atoms with Crippen molar-refractivity contribution < 1.29 is 18.3 Å². The predicted molar refractivity (Wildman–Crippen MR) is 93.6 cm³/mol. The molecule has 0 bridgehead atoms. The Hall–Kier alpha value is -2.96. The van der Waals surface area contributed by atoms with Crippen LogP contribution in [-0.2, 0) is 11.3 Å². The minimum Gasteiger partial charge on any atom is -0.447 e. The number of nitrogens with one attached hydrogen (secondary N) is 1. The van der Waals surface area contributed by atoms with Crippen molar-refractivity contribution in [2.75, 3.05) is 11.9 Å². The van der Waals surface area contributed by atoms with Gasteiger partial charge in [0.1, 0.15) is 35.7 Å². The zero-order valence-electron chi connectivity index (χ0n) is 13.3. The first kappa shape index (κ1) is 18.8. The fourth-order valence-electron chi connectivity index (χ4n) is 2.43. The molecule has 0 saturated carbocycles. The van der Waals surface area contributed by atoms with Crippen molar-refractivity contribution in [2.45, 2.75) is 6.54 Å². The third-order valence-electron chi connectivity index (χ3n) is 3.55. The number of nitriles is 1. The first-order valence-electron chi connectivity index (χ1n) is 7.39. The first-order chi connectivity index (χ1) is 12.9. The summed E-state index contributed by atoms with van der Waals surface area (Å²) in [6.45, 7) is -0.322. The minimum absolute atomic E-state index is 0.0292. The van der Waals surface area contributed by atoms with Gasteiger partial charge in [-0.3, -0.25) is 5.32 Å². The number of carbonyl (C=O) groups excluding carboxylic acids is 1. The Bertz CT molecular complexity index is 1080. The minimum atomic E-state index is -1.14. The summed E-state index contributed by atoms with van der Waals surface area (Å²) in [6.07, 6.45) is 0.314. The monoisotopic (exact) mass is 411 g/mol. The average molecular weight is 412 g/mol. The molecule has 3 rings (SSSR count). The number of ether oxygens (including phenoxy) is 1. The molecule has 1 N–H and O–H groups in total. The Morgan fingerprint density at radius 3 is 2.78 bits per heavy atom. The van der Waals surface area contributed by atoms with E-state index in [1.807, 2.05) is 6.07 Å². The average Bonchev–Trinajstić information content (AvgIpc) is 2.99. The smallest absolute Gasteiger partial charge is 0.412 e. The summed E-state index contributed by atoms with van der Waals surface area (Å²) in [4.78, 5) is 19.2. The van der Waals surface area contributed by atoms with Gasteiger partial charge in [-0.2, -0.15) is 5.26 Å². The lowest BCUT2D eigenvalue weighted by molar-refractivity contribution is 0.157. The van der Waals surface area contributed by atoms with Crippen molar-refractivity contribution in [3.8, 4) is 6.07 Å². The van der Waals surface area contributed by atoms with E-state index in [0.717, 1.165) is 12.4 Å². The maximum absolute atomic E-state index is 14.2. The molecule has 0 spiro atoms. The number of fused-ring (bicyclic) bond motifs is 1. The Morgan fingerprint density at radius 1 is 1.30 bits per heavy atom. The lowest BCUT2D eigenvalue weighted by atomic mass is 10.2. The fourth-order valence-corrected chi connectivity index (χ4v) is 2.82. The van der Waals surface area contributed by atoms with Gasteiger partial charge in [-0.15, -0.1) is 0 Å². The lowest BCUT2D eigenvalue weighted by Crippen LogP contribution is -2.18. The number of hydrogen-bond donors (Lipinski definition) is 1. The van der Waals surface area contributed by atoms with Gasteiger partial charge in [0.05, 0.1) is 17.1 Å². The number of amides is 1. The van der Waals surface area contributed by atoms with Gasteiger partial charge in [-0.25, -0.2) is 23.5 Å². The van der Waals surface area contributed by atoms with Crippen LogP contribution in [0.1, 0.15) is 5.69 Å². The molecule has 0 aliphatic carbocycles. The third-order valence-corrected chi connectivity index (χ3v) is 4.07. The standard InChI is InChI=1S/C16H9Cl2F2N5O2/c17-10-4-11(19)14(20)15-9(10)3-8(6-21)25(15)1-2-27-16(26)24-13-5-12(18)22-7-23-13/h3-5,7H,1-2H2,(H,22,23,24,26). The topological polar surface area (TPSA) is 92.8 Å². The lowest BCUT2D eigenvalue weighted by Gasteiger charge is -2.10. The van der Waals surface area contributed by atoms with Crippen molar-refractivity contribution in [2.24, 2.45) is 0 Å². The van der Waals surface area contributed by atoms with Crippen LogP contribution in [0, 0.1) is 23.0 Å².